The lowest BCUT2D eigenvalue weighted by Crippen LogP contribution is -2.21. The van der Waals surface area contributed by atoms with E-state index in [0.717, 1.165) is 29.7 Å². The minimum absolute atomic E-state index is 0.175. The molecule has 0 fully saturated rings. The number of amides is 1. The van der Waals surface area contributed by atoms with E-state index in [1.165, 1.54) is 11.3 Å². The number of hydrogen-bond acceptors (Lipinski definition) is 6. The van der Waals surface area contributed by atoms with E-state index in [-0.39, 0.29) is 18.5 Å². The van der Waals surface area contributed by atoms with Crippen LogP contribution in [0.5, 0.6) is 11.5 Å². The summed E-state index contributed by atoms with van der Waals surface area (Å²) in [7, 11) is 0. The minimum atomic E-state index is -0.377. The first kappa shape index (κ1) is 21.2. The SMILES string of the molecule is CCOC(=O)c1c(NC(=O)COc2ccccc2OCC)sc2c1CC[C@H](C)C2. The van der Waals surface area contributed by atoms with Gasteiger partial charge in [0, 0.05) is 4.88 Å². The molecule has 1 aromatic carbocycles. The standard InChI is InChI=1S/C22H27NO5S/c1-4-26-16-8-6-7-9-17(16)28-13-19(24)23-21-20(22(25)27-5-2)15-11-10-14(3)12-18(15)29-21/h6-9,14H,4-5,10-13H2,1-3H3,(H,23,24)/t14-/m0/s1. The number of para-hydroxylation sites is 2. The van der Waals surface area contributed by atoms with Gasteiger partial charge in [0.1, 0.15) is 5.00 Å². The molecule has 1 atom stereocenters. The Kier molecular flexibility index (Phi) is 7.14. The second-order valence-electron chi connectivity index (χ2n) is 6.99. The molecule has 7 heteroatoms. The second kappa shape index (κ2) is 9.78. The van der Waals surface area contributed by atoms with Crippen molar-refractivity contribution in [3.05, 3.63) is 40.3 Å². The molecule has 0 saturated heterocycles. The third kappa shape index (κ3) is 5.09. The van der Waals surface area contributed by atoms with E-state index in [4.69, 9.17) is 14.2 Å². The van der Waals surface area contributed by atoms with Crippen molar-refractivity contribution in [2.75, 3.05) is 25.1 Å². The van der Waals surface area contributed by atoms with Gasteiger partial charge in [0.15, 0.2) is 18.1 Å². The number of fused-ring (bicyclic) bond motifs is 1. The molecule has 1 aliphatic carbocycles. The Balaban J connectivity index is 1.74. The highest BCUT2D eigenvalue weighted by Crippen LogP contribution is 2.40. The van der Waals surface area contributed by atoms with Crippen molar-refractivity contribution in [1.29, 1.82) is 0 Å². The predicted octanol–water partition coefficient (Wildman–Crippen LogP) is 4.47. The van der Waals surface area contributed by atoms with Gasteiger partial charge in [-0.2, -0.15) is 0 Å². The predicted molar refractivity (Wildman–Crippen MR) is 113 cm³/mol. The number of ether oxygens (including phenoxy) is 3. The first-order valence-electron chi connectivity index (χ1n) is 9.99. The van der Waals surface area contributed by atoms with Crippen molar-refractivity contribution in [1.82, 2.24) is 0 Å². The van der Waals surface area contributed by atoms with Crippen LogP contribution in [0.2, 0.25) is 0 Å². The molecule has 0 bridgehead atoms. The zero-order valence-corrected chi connectivity index (χ0v) is 17.9. The molecular formula is C22H27NO5S. The normalized spacial score (nSPS) is 15.3. The molecule has 1 heterocycles. The maximum Gasteiger partial charge on any atom is 0.341 e. The molecule has 6 nitrogen and oxygen atoms in total. The van der Waals surface area contributed by atoms with E-state index in [9.17, 15) is 9.59 Å². The number of carbonyl (C=O) groups excluding carboxylic acids is 2. The number of benzene rings is 1. The number of hydrogen-bond donors (Lipinski definition) is 1. The van der Waals surface area contributed by atoms with Crippen LogP contribution in [0.25, 0.3) is 0 Å². The smallest absolute Gasteiger partial charge is 0.341 e. The third-order valence-electron chi connectivity index (χ3n) is 4.75. The van der Waals surface area contributed by atoms with Gasteiger partial charge in [-0.25, -0.2) is 4.79 Å². The van der Waals surface area contributed by atoms with Crippen LogP contribution >= 0.6 is 11.3 Å². The molecule has 3 rings (SSSR count). The summed E-state index contributed by atoms with van der Waals surface area (Å²) in [5, 5.41) is 3.41. The van der Waals surface area contributed by atoms with Gasteiger partial charge >= 0.3 is 5.97 Å². The molecule has 0 spiro atoms. The summed E-state index contributed by atoms with van der Waals surface area (Å²) in [6.07, 6.45) is 2.77. The van der Waals surface area contributed by atoms with Crippen LogP contribution < -0.4 is 14.8 Å². The van der Waals surface area contributed by atoms with Crippen LogP contribution in [0.1, 0.15) is 48.0 Å². The summed E-state index contributed by atoms with van der Waals surface area (Å²) < 4.78 is 16.4. The Labute approximate surface area is 175 Å². The summed E-state index contributed by atoms with van der Waals surface area (Å²) in [5.74, 6) is 0.967. The molecule has 1 aliphatic rings. The second-order valence-corrected chi connectivity index (χ2v) is 8.10. The number of rotatable bonds is 8. The number of carbonyl (C=O) groups is 2. The molecule has 1 N–H and O–H groups in total. The average Bonchev–Trinajstić information content (AvgIpc) is 3.04. The van der Waals surface area contributed by atoms with Crippen molar-refractivity contribution in [3.8, 4) is 11.5 Å². The molecule has 1 amide bonds. The van der Waals surface area contributed by atoms with Gasteiger partial charge in [0.2, 0.25) is 0 Å². The third-order valence-corrected chi connectivity index (χ3v) is 5.92. The quantitative estimate of drug-likeness (QED) is 0.642. The van der Waals surface area contributed by atoms with Gasteiger partial charge in [-0.1, -0.05) is 19.1 Å². The van der Waals surface area contributed by atoms with Crippen LogP contribution in [-0.2, 0) is 22.4 Å². The fourth-order valence-electron chi connectivity index (χ4n) is 3.41. The molecule has 2 aromatic rings. The number of thiophene rings is 1. The highest BCUT2D eigenvalue weighted by molar-refractivity contribution is 7.17. The molecule has 1 aromatic heterocycles. The van der Waals surface area contributed by atoms with Gasteiger partial charge < -0.3 is 19.5 Å². The van der Waals surface area contributed by atoms with Gasteiger partial charge in [-0.15, -0.1) is 11.3 Å². The van der Waals surface area contributed by atoms with Gasteiger partial charge in [0.05, 0.1) is 18.8 Å². The lowest BCUT2D eigenvalue weighted by molar-refractivity contribution is -0.118. The van der Waals surface area contributed by atoms with Gasteiger partial charge in [-0.05, 0) is 56.7 Å². The highest BCUT2D eigenvalue weighted by Gasteiger charge is 2.29. The molecule has 0 saturated carbocycles. The molecule has 0 radical (unpaired) electrons. The Bertz CT molecular complexity index is 876. The summed E-state index contributed by atoms with van der Waals surface area (Å²) in [4.78, 5) is 26.2. The average molecular weight is 418 g/mol. The van der Waals surface area contributed by atoms with Crippen LogP contribution in [-0.4, -0.2) is 31.7 Å². The molecule has 0 aliphatic heterocycles. The van der Waals surface area contributed by atoms with Crippen molar-refractivity contribution >= 4 is 28.2 Å². The zero-order chi connectivity index (χ0) is 20.8. The largest absolute Gasteiger partial charge is 0.490 e. The van der Waals surface area contributed by atoms with Crippen molar-refractivity contribution in [2.24, 2.45) is 5.92 Å². The lowest BCUT2D eigenvalue weighted by atomic mass is 9.88. The van der Waals surface area contributed by atoms with E-state index in [1.54, 1.807) is 19.1 Å². The fraction of sp³-hybridized carbons (Fsp3) is 0.455. The maximum absolute atomic E-state index is 12.5. The van der Waals surface area contributed by atoms with Crippen molar-refractivity contribution in [2.45, 2.75) is 40.0 Å². The molecule has 156 valence electrons. The van der Waals surface area contributed by atoms with Gasteiger partial charge in [0.25, 0.3) is 5.91 Å². The summed E-state index contributed by atoms with van der Waals surface area (Å²) in [6, 6.07) is 7.22. The van der Waals surface area contributed by atoms with Gasteiger partial charge in [-0.3, -0.25) is 4.79 Å². The lowest BCUT2D eigenvalue weighted by Gasteiger charge is -2.18. The number of esters is 1. The van der Waals surface area contributed by atoms with E-state index in [1.807, 2.05) is 19.1 Å². The fourth-order valence-corrected chi connectivity index (χ4v) is 4.82. The Hall–Kier alpha value is -2.54. The van der Waals surface area contributed by atoms with Crippen LogP contribution in [0.3, 0.4) is 0 Å². The van der Waals surface area contributed by atoms with Crippen molar-refractivity contribution in [3.63, 3.8) is 0 Å². The molecular weight excluding hydrogens is 390 g/mol. The van der Waals surface area contributed by atoms with Crippen LogP contribution in [0.15, 0.2) is 24.3 Å². The zero-order valence-electron chi connectivity index (χ0n) is 17.1. The molecule has 0 unspecified atom stereocenters. The number of anilines is 1. The molecule has 29 heavy (non-hydrogen) atoms. The summed E-state index contributed by atoms with van der Waals surface area (Å²) in [6.45, 7) is 6.50. The van der Waals surface area contributed by atoms with E-state index < -0.39 is 0 Å². The Morgan fingerprint density at radius 1 is 1.14 bits per heavy atom. The van der Waals surface area contributed by atoms with Crippen molar-refractivity contribution < 1.29 is 23.8 Å². The highest BCUT2D eigenvalue weighted by atomic mass is 32.1. The minimum Gasteiger partial charge on any atom is -0.490 e. The summed E-state index contributed by atoms with van der Waals surface area (Å²) in [5.41, 5.74) is 1.52. The first-order valence-corrected chi connectivity index (χ1v) is 10.8. The monoisotopic (exact) mass is 417 g/mol. The topological polar surface area (TPSA) is 73.9 Å². The van der Waals surface area contributed by atoms with E-state index >= 15 is 0 Å². The first-order chi connectivity index (χ1) is 14.0. The Morgan fingerprint density at radius 2 is 1.86 bits per heavy atom. The van der Waals surface area contributed by atoms with E-state index in [0.29, 0.717) is 41.2 Å². The van der Waals surface area contributed by atoms with E-state index in [2.05, 4.69) is 12.2 Å². The van der Waals surface area contributed by atoms with Crippen LogP contribution in [0.4, 0.5) is 5.00 Å². The van der Waals surface area contributed by atoms with Crippen LogP contribution in [0, 0.1) is 5.92 Å². The number of nitrogens with one attached hydrogen (secondary N) is 1. The maximum atomic E-state index is 12.5. The summed E-state index contributed by atoms with van der Waals surface area (Å²) >= 11 is 1.47. The Morgan fingerprint density at radius 3 is 2.55 bits per heavy atom.